The third kappa shape index (κ3) is 9.12. The van der Waals surface area contributed by atoms with Gasteiger partial charge in [0.2, 0.25) is 5.91 Å². The molecular weight excluding hydrogens is 558 g/mol. The minimum atomic E-state index is -0.160. The number of hydrogen-bond donors (Lipinski definition) is 2. The molecule has 4 rings (SSSR count). The smallest absolute Gasteiger partial charge is 0.226 e. The normalized spacial score (nSPS) is 12.0. The van der Waals surface area contributed by atoms with E-state index in [1.807, 2.05) is 64.1 Å². The maximum atomic E-state index is 13.4. The summed E-state index contributed by atoms with van der Waals surface area (Å²) in [7, 11) is 1.63. The fourth-order valence-corrected chi connectivity index (χ4v) is 4.87. The van der Waals surface area contributed by atoms with E-state index in [2.05, 4.69) is 40.5 Å². The highest BCUT2D eigenvalue weighted by Gasteiger charge is 2.24. The quantitative estimate of drug-likeness (QED) is 0.204. The summed E-state index contributed by atoms with van der Waals surface area (Å²) in [5.41, 5.74) is 4.17. The number of carbonyl (C=O) groups excluding carboxylic acids is 1. The molecule has 1 amide bonds. The number of methoxy groups -OCH3 is 1. The van der Waals surface area contributed by atoms with Crippen LogP contribution in [0.15, 0.2) is 85.5 Å². The van der Waals surface area contributed by atoms with E-state index in [1.165, 1.54) is 0 Å². The van der Waals surface area contributed by atoms with E-state index in [9.17, 15) is 4.79 Å². The summed E-state index contributed by atoms with van der Waals surface area (Å²) in [6.45, 7) is 5.81. The number of rotatable bonds is 13. The standard InChI is InChI=1S/C33H37N7O2S/c1-4-24(2)31(38-32(41)17-29-19-35-23-40(29)20-26-10-8-25(18-34)9-11-26)22-39(21-28-7-5-6-16-36-28)33(43)37-27-12-14-30(42-3)15-13-27/h5-16,19,23-24,31H,4,17,20-22H2,1-3H3,(H,37,43)(H,38,41)/t24-,31+/m0/s1. The highest BCUT2D eigenvalue weighted by molar-refractivity contribution is 7.80. The van der Waals surface area contributed by atoms with Crippen molar-refractivity contribution in [1.82, 2.24) is 24.8 Å². The number of hydrogen-bond acceptors (Lipinski definition) is 6. The van der Waals surface area contributed by atoms with Gasteiger partial charge in [0.1, 0.15) is 5.75 Å². The number of amides is 1. The molecule has 0 radical (unpaired) electrons. The fraction of sp³-hybridized carbons (Fsp3) is 0.303. The SMILES string of the molecule is CC[C@H](C)[C@@H](CN(Cc1ccccn1)C(=S)Nc1ccc(OC)cc1)NC(=O)Cc1cncn1Cc1ccc(C#N)cc1. The zero-order chi connectivity index (χ0) is 30.6. The van der Waals surface area contributed by atoms with Gasteiger partial charge in [0, 0.05) is 42.9 Å². The van der Waals surface area contributed by atoms with E-state index in [0.29, 0.717) is 30.3 Å². The van der Waals surface area contributed by atoms with Crippen molar-refractivity contribution in [3.63, 3.8) is 0 Å². The first-order valence-corrected chi connectivity index (χ1v) is 14.7. The summed E-state index contributed by atoms with van der Waals surface area (Å²) in [6, 6.07) is 22.8. The molecular formula is C33H37N7O2S. The van der Waals surface area contributed by atoms with Crippen molar-refractivity contribution in [2.45, 2.75) is 45.8 Å². The van der Waals surface area contributed by atoms with Crippen LogP contribution in [0.2, 0.25) is 0 Å². The molecule has 43 heavy (non-hydrogen) atoms. The number of carbonyl (C=O) groups is 1. The Morgan fingerprint density at radius 3 is 2.56 bits per heavy atom. The van der Waals surface area contributed by atoms with Gasteiger partial charge in [0.15, 0.2) is 5.11 Å². The van der Waals surface area contributed by atoms with E-state index in [4.69, 9.17) is 22.2 Å². The summed E-state index contributed by atoms with van der Waals surface area (Å²) >= 11 is 5.87. The van der Waals surface area contributed by atoms with Crippen LogP contribution in [0.5, 0.6) is 5.75 Å². The number of anilines is 1. The lowest BCUT2D eigenvalue weighted by Gasteiger charge is -2.33. The lowest BCUT2D eigenvalue weighted by Crippen LogP contribution is -2.50. The van der Waals surface area contributed by atoms with Gasteiger partial charge in [-0.25, -0.2) is 4.98 Å². The molecule has 0 saturated carbocycles. The van der Waals surface area contributed by atoms with Crippen molar-refractivity contribution in [3.05, 3.63) is 108 Å². The third-order valence-electron chi connectivity index (χ3n) is 7.38. The van der Waals surface area contributed by atoms with Crippen molar-refractivity contribution in [3.8, 4) is 11.8 Å². The molecule has 0 aliphatic heterocycles. The van der Waals surface area contributed by atoms with Gasteiger partial charge in [-0.2, -0.15) is 5.26 Å². The van der Waals surface area contributed by atoms with E-state index >= 15 is 0 Å². The highest BCUT2D eigenvalue weighted by atomic mass is 32.1. The lowest BCUT2D eigenvalue weighted by atomic mass is 9.98. The Labute approximate surface area is 258 Å². The van der Waals surface area contributed by atoms with Gasteiger partial charge >= 0.3 is 0 Å². The number of benzene rings is 2. The molecule has 222 valence electrons. The first-order valence-electron chi connectivity index (χ1n) is 14.3. The second-order valence-corrected chi connectivity index (χ2v) is 10.8. The highest BCUT2D eigenvalue weighted by Crippen LogP contribution is 2.18. The molecule has 0 aliphatic carbocycles. The second kappa shape index (κ2) is 15.5. The maximum Gasteiger partial charge on any atom is 0.226 e. The molecule has 0 spiro atoms. The lowest BCUT2D eigenvalue weighted by molar-refractivity contribution is -0.121. The third-order valence-corrected chi connectivity index (χ3v) is 7.74. The van der Waals surface area contributed by atoms with Gasteiger partial charge in [-0.3, -0.25) is 9.78 Å². The first kappa shape index (κ1) is 31.2. The number of aromatic nitrogens is 3. The van der Waals surface area contributed by atoms with Gasteiger partial charge in [-0.1, -0.05) is 38.5 Å². The van der Waals surface area contributed by atoms with Gasteiger partial charge in [-0.15, -0.1) is 0 Å². The van der Waals surface area contributed by atoms with Crippen molar-refractivity contribution in [1.29, 1.82) is 5.26 Å². The molecule has 2 atom stereocenters. The molecule has 0 bridgehead atoms. The molecule has 0 fully saturated rings. The molecule has 0 aliphatic rings. The molecule has 2 heterocycles. The van der Waals surface area contributed by atoms with Crippen LogP contribution in [-0.2, 0) is 24.3 Å². The van der Waals surface area contributed by atoms with Crippen LogP contribution in [0, 0.1) is 17.2 Å². The van der Waals surface area contributed by atoms with Crippen LogP contribution in [0.25, 0.3) is 0 Å². The largest absolute Gasteiger partial charge is 0.497 e. The minimum absolute atomic E-state index is 0.0845. The summed E-state index contributed by atoms with van der Waals surface area (Å²) in [5, 5.41) is 16.2. The van der Waals surface area contributed by atoms with E-state index in [-0.39, 0.29) is 24.3 Å². The number of ether oxygens (including phenoxy) is 1. The molecule has 9 nitrogen and oxygen atoms in total. The average Bonchev–Trinajstić information content (AvgIpc) is 3.46. The van der Waals surface area contributed by atoms with E-state index in [1.54, 1.807) is 38.0 Å². The average molecular weight is 596 g/mol. The summed E-state index contributed by atoms with van der Waals surface area (Å²) in [5.74, 6) is 0.876. The minimum Gasteiger partial charge on any atom is -0.497 e. The Morgan fingerprint density at radius 2 is 1.91 bits per heavy atom. The Balaban J connectivity index is 1.47. The number of nitriles is 1. The van der Waals surface area contributed by atoms with E-state index in [0.717, 1.165) is 34.8 Å². The fourth-order valence-electron chi connectivity index (χ4n) is 4.61. The molecule has 2 aromatic carbocycles. The van der Waals surface area contributed by atoms with Crippen LogP contribution in [0.4, 0.5) is 5.69 Å². The summed E-state index contributed by atoms with van der Waals surface area (Å²) < 4.78 is 7.24. The Morgan fingerprint density at radius 1 is 1.14 bits per heavy atom. The zero-order valence-corrected chi connectivity index (χ0v) is 25.6. The Bertz CT molecular complexity index is 1520. The van der Waals surface area contributed by atoms with Crippen molar-refractivity contribution >= 4 is 28.9 Å². The zero-order valence-electron chi connectivity index (χ0n) is 24.7. The predicted octanol–water partition coefficient (Wildman–Crippen LogP) is 5.18. The van der Waals surface area contributed by atoms with Crippen molar-refractivity contribution < 1.29 is 9.53 Å². The monoisotopic (exact) mass is 595 g/mol. The second-order valence-electron chi connectivity index (χ2n) is 10.4. The predicted molar refractivity (Wildman–Crippen MR) is 171 cm³/mol. The Kier molecular flexibility index (Phi) is 11.2. The molecule has 0 unspecified atom stereocenters. The van der Waals surface area contributed by atoms with E-state index < -0.39 is 0 Å². The van der Waals surface area contributed by atoms with Gasteiger partial charge in [0.25, 0.3) is 0 Å². The van der Waals surface area contributed by atoms with Crippen molar-refractivity contribution in [2.75, 3.05) is 19.0 Å². The molecule has 10 heteroatoms. The van der Waals surface area contributed by atoms with Crippen LogP contribution < -0.4 is 15.4 Å². The van der Waals surface area contributed by atoms with Crippen LogP contribution in [-0.4, -0.2) is 50.2 Å². The van der Waals surface area contributed by atoms with Gasteiger partial charge in [0.05, 0.1) is 43.7 Å². The number of pyridine rings is 1. The molecule has 0 saturated heterocycles. The number of imidazole rings is 1. The maximum absolute atomic E-state index is 13.4. The van der Waals surface area contributed by atoms with Gasteiger partial charge < -0.3 is 24.8 Å². The molecule has 4 aromatic rings. The molecule has 2 N–H and O–H groups in total. The Hall–Kier alpha value is -4.75. The number of thiocarbonyl (C=S) groups is 1. The molecule has 2 aromatic heterocycles. The van der Waals surface area contributed by atoms with Crippen LogP contribution in [0.1, 0.15) is 42.8 Å². The van der Waals surface area contributed by atoms with Crippen LogP contribution >= 0.6 is 12.2 Å². The van der Waals surface area contributed by atoms with Crippen molar-refractivity contribution in [2.24, 2.45) is 5.92 Å². The number of nitrogens with one attached hydrogen (secondary N) is 2. The van der Waals surface area contributed by atoms with Crippen LogP contribution in [0.3, 0.4) is 0 Å². The topological polar surface area (TPSA) is 108 Å². The summed E-state index contributed by atoms with van der Waals surface area (Å²) in [6.07, 6.45) is 6.30. The first-order chi connectivity index (χ1) is 20.9. The summed E-state index contributed by atoms with van der Waals surface area (Å²) in [4.78, 5) is 24.3. The van der Waals surface area contributed by atoms with Gasteiger partial charge in [-0.05, 0) is 72.2 Å². The number of nitrogens with zero attached hydrogens (tertiary/aromatic N) is 5.